The smallest absolute Gasteiger partial charge is 0.336 e. The van der Waals surface area contributed by atoms with Crippen LogP contribution in [0.2, 0.25) is 5.02 Å². The van der Waals surface area contributed by atoms with Crippen molar-refractivity contribution in [3.8, 4) is 0 Å². The van der Waals surface area contributed by atoms with Gasteiger partial charge in [-0.25, -0.2) is 18.6 Å². The minimum Gasteiger partial charge on any atom is -0.478 e. The Morgan fingerprint density at radius 2 is 1.59 bits per heavy atom. The third-order valence-electron chi connectivity index (χ3n) is 4.32. The number of rotatable bonds is 8. The Labute approximate surface area is 189 Å². The molecule has 0 aliphatic rings. The zero-order chi connectivity index (χ0) is 23.1. The Morgan fingerprint density at radius 3 is 2.28 bits per heavy atom. The molecule has 0 atom stereocenters. The topological polar surface area (TPSA) is 116 Å². The molecule has 32 heavy (non-hydrogen) atoms. The van der Waals surface area contributed by atoms with Crippen LogP contribution in [-0.4, -0.2) is 38.2 Å². The number of sulfonamides is 1. The summed E-state index contributed by atoms with van der Waals surface area (Å²) < 4.78 is 27.3. The summed E-state index contributed by atoms with van der Waals surface area (Å²) in [6.07, 6.45) is 1.17. The first-order valence-corrected chi connectivity index (χ1v) is 11.1. The van der Waals surface area contributed by atoms with Crippen LogP contribution in [0.3, 0.4) is 0 Å². The summed E-state index contributed by atoms with van der Waals surface area (Å²) in [5.74, 6) is -1.88. The van der Waals surface area contributed by atoms with E-state index in [9.17, 15) is 23.1 Å². The van der Waals surface area contributed by atoms with Crippen molar-refractivity contribution in [1.82, 2.24) is 5.43 Å². The fraction of sp³-hybridized carbons (Fsp3) is 0.0455. The fourth-order valence-electron chi connectivity index (χ4n) is 2.82. The van der Waals surface area contributed by atoms with E-state index in [4.69, 9.17) is 11.6 Å². The molecular formula is C22H18ClN3O5S. The predicted octanol–water partition coefficient (Wildman–Crippen LogP) is 3.38. The summed E-state index contributed by atoms with van der Waals surface area (Å²) >= 11 is 6.20. The predicted molar refractivity (Wildman–Crippen MR) is 122 cm³/mol. The van der Waals surface area contributed by atoms with Crippen LogP contribution in [0, 0.1) is 0 Å². The lowest BCUT2D eigenvalue weighted by Gasteiger charge is -2.24. The van der Waals surface area contributed by atoms with Gasteiger partial charge in [0.2, 0.25) is 0 Å². The molecule has 2 N–H and O–H groups in total. The van der Waals surface area contributed by atoms with Crippen molar-refractivity contribution in [3.63, 3.8) is 0 Å². The Bertz CT molecular complexity index is 1260. The number of amides is 1. The molecule has 10 heteroatoms. The van der Waals surface area contributed by atoms with Crippen molar-refractivity contribution in [1.29, 1.82) is 0 Å². The van der Waals surface area contributed by atoms with Gasteiger partial charge in [0.05, 0.1) is 27.4 Å². The second-order valence-electron chi connectivity index (χ2n) is 6.46. The van der Waals surface area contributed by atoms with Gasteiger partial charge >= 0.3 is 5.97 Å². The van der Waals surface area contributed by atoms with Crippen molar-refractivity contribution in [2.24, 2.45) is 5.10 Å². The van der Waals surface area contributed by atoms with Crippen molar-refractivity contribution in [2.45, 2.75) is 4.90 Å². The van der Waals surface area contributed by atoms with Crippen molar-refractivity contribution < 1.29 is 23.1 Å². The summed E-state index contributed by atoms with van der Waals surface area (Å²) in [5, 5.41) is 13.1. The molecule has 3 aromatic rings. The van der Waals surface area contributed by atoms with E-state index < -0.39 is 28.4 Å². The van der Waals surface area contributed by atoms with E-state index in [0.29, 0.717) is 0 Å². The molecule has 164 valence electrons. The molecule has 0 unspecified atom stereocenters. The van der Waals surface area contributed by atoms with Gasteiger partial charge < -0.3 is 5.11 Å². The Balaban J connectivity index is 1.85. The van der Waals surface area contributed by atoms with Gasteiger partial charge in [-0.3, -0.25) is 9.10 Å². The van der Waals surface area contributed by atoms with Crippen LogP contribution in [0.4, 0.5) is 5.69 Å². The Kier molecular flexibility index (Phi) is 7.24. The number of carbonyl (C=O) groups is 2. The first-order valence-electron chi connectivity index (χ1n) is 9.27. The monoisotopic (exact) mass is 471 g/mol. The highest BCUT2D eigenvalue weighted by molar-refractivity contribution is 7.92. The number of carboxylic acids is 1. The van der Waals surface area contributed by atoms with Crippen LogP contribution in [-0.2, 0) is 14.8 Å². The summed E-state index contributed by atoms with van der Waals surface area (Å²) in [6.45, 7) is -0.598. The third-order valence-corrected chi connectivity index (χ3v) is 6.42. The average molecular weight is 472 g/mol. The number of hydrogen-bond donors (Lipinski definition) is 2. The van der Waals surface area contributed by atoms with Crippen molar-refractivity contribution in [2.75, 3.05) is 10.8 Å². The van der Waals surface area contributed by atoms with Gasteiger partial charge in [-0.05, 0) is 30.3 Å². The number of nitrogens with one attached hydrogen (secondary N) is 1. The van der Waals surface area contributed by atoms with Gasteiger partial charge in [0.25, 0.3) is 15.9 Å². The molecule has 0 saturated carbocycles. The molecule has 3 aromatic carbocycles. The Morgan fingerprint density at radius 1 is 0.969 bits per heavy atom. The quantitative estimate of drug-likeness (QED) is 0.386. The summed E-state index contributed by atoms with van der Waals surface area (Å²) in [7, 11) is -4.11. The molecule has 0 aromatic heterocycles. The fourth-order valence-corrected chi connectivity index (χ4v) is 4.57. The maximum atomic E-state index is 13.2. The van der Waals surface area contributed by atoms with Crippen molar-refractivity contribution in [3.05, 3.63) is 95.0 Å². The SMILES string of the molecule is O=C(CN(c1ccccc1Cl)S(=O)(=O)c1ccccc1)N/N=C\c1ccccc1C(=O)O. The lowest BCUT2D eigenvalue weighted by molar-refractivity contribution is -0.119. The zero-order valence-electron chi connectivity index (χ0n) is 16.6. The molecule has 3 rings (SSSR count). The van der Waals surface area contributed by atoms with Gasteiger partial charge in [0.15, 0.2) is 0 Å². The molecular weight excluding hydrogens is 454 g/mol. The molecule has 0 fully saturated rings. The lowest BCUT2D eigenvalue weighted by Crippen LogP contribution is -2.39. The number of para-hydroxylation sites is 1. The van der Waals surface area contributed by atoms with Gasteiger partial charge in [0.1, 0.15) is 6.54 Å². The van der Waals surface area contributed by atoms with E-state index >= 15 is 0 Å². The molecule has 0 spiro atoms. The van der Waals surface area contributed by atoms with E-state index in [0.717, 1.165) is 4.31 Å². The molecule has 0 radical (unpaired) electrons. The zero-order valence-corrected chi connectivity index (χ0v) is 18.1. The standard InChI is InChI=1S/C22H18ClN3O5S/c23-19-12-6-7-13-20(19)26(32(30,31)17-9-2-1-3-10-17)15-21(27)25-24-14-16-8-4-5-11-18(16)22(28)29/h1-14H,15H2,(H,25,27)(H,28,29)/b24-14-. The largest absolute Gasteiger partial charge is 0.478 e. The molecule has 0 aliphatic carbocycles. The second-order valence-corrected chi connectivity index (χ2v) is 8.73. The number of carboxylic acid groups (broad SMARTS) is 1. The number of nitrogens with zero attached hydrogens (tertiary/aromatic N) is 2. The molecule has 0 aliphatic heterocycles. The first-order chi connectivity index (χ1) is 15.3. The van der Waals surface area contributed by atoms with E-state index in [1.807, 2.05) is 0 Å². The number of anilines is 1. The number of aromatic carboxylic acids is 1. The van der Waals surface area contributed by atoms with Crippen LogP contribution >= 0.6 is 11.6 Å². The van der Waals surface area contributed by atoms with Gasteiger partial charge in [-0.15, -0.1) is 0 Å². The molecule has 8 nitrogen and oxygen atoms in total. The minimum absolute atomic E-state index is 0.00777. The van der Waals surface area contributed by atoms with Gasteiger partial charge in [-0.2, -0.15) is 5.10 Å². The number of halogens is 1. The van der Waals surface area contributed by atoms with Gasteiger partial charge in [0, 0.05) is 5.56 Å². The highest BCUT2D eigenvalue weighted by Crippen LogP contribution is 2.30. The normalized spacial score (nSPS) is 11.3. The number of benzene rings is 3. The number of carbonyl (C=O) groups excluding carboxylic acids is 1. The molecule has 0 saturated heterocycles. The summed E-state index contributed by atoms with van der Waals surface area (Å²) in [4.78, 5) is 23.8. The average Bonchev–Trinajstić information content (AvgIpc) is 2.79. The van der Waals surface area contributed by atoms with E-state index in [-0.39, 0.29) is 26.7 Å². The second kappa shape index (κ2) is 10.1. The molecule has 1 amide bonds. The highest BCUT2D eigenvalue weighted by Gasteiger charge is 2.28. The van der Waals surface area contributed by atoms with Crippen LogP contribution in [0.1, 0.15) is 15.9 Å². The van der Waals surface area contributed by atoms with E-state index in [1.54, 1.807) is 42.5 Å². The van der Waals surface area contributed by atoms with E-state index in [1.165, 1.54) is 42.6 Å². The third kappa shape index (κ3) is 5.32. The number of hydrogen-bond acceptors (Lipinski definition) is 5. The maximum absolute atomic E-state index is 13.2. The van der Waals surface area contributed by atoms with Crippen molar-refractivity contribution >= 4 is 45.4 Å². The first kappa shape index (κ1) is 23.0. The Hall–Kier alpha value is -3.69. The van der Waals surface area contributed by atoms with Crippen LogP contribution in [0.5, 0.6) is 0 Å². The van der Waals surface area contributed by atoms with Crippen LogP contribution in [0.15, 0.2) is 88.9 Å². The van der Waals surface area contributed by atoms with Gasteiger partial charge in [-0.1, -0.05) is 60.1 Å². The highest BCUT2D eigenvalue weighted by atomic mass is 35.5. The van der Waals surface area contributed by atoms with Crippen LogP contribution in [0.25, 0.3) is 0 Å². The lowest BCUT2D eigenvalue weighted by atomic mass is 10.1. The summed E-state index contributed by atoms with van der Waals surface area (Å²) in [5.41, 5.74) is 2.65. The molecule has 0 bridgehead atoms. The summed E-state index contributed by atoms with van der Waals surface area (Å²) in [6, 6.07) is 20.0. The molecule has 0 heterocycles. The number of hydrazone groups is 1. The van der Waals surface area contributed by atoms with Crippen LogP contribution < -0.4 is 9.73 Å². The minimum atomic E-state index is -4.11. The van der Waals surface area contributed by atoms with E-state index in [2.05, 4.69) is 10.5 Å². The maximum Gasteiger partial charge on any atom is 0.336 e.